The molecule has 0 fully saturated rings. The van der Waals surface area contributed by atoms with Crippen molar-refractivity contribution in [3.63, 3.8) is 0 Å². The van der Waals surface area contributed by atoms with E-state index < -0.39 is 11.8 Å². The van der Waals surface area contributed by atoms with Gasteiger partial charge < -0.3 is 5.11 Å². The smallest absolute Gasteiger partial charge is 0.335 e. The van der Waals surface area contributed by atoms with Gasteiger partial charge >= 0.3 is 5.97 Å². The molecule has 3 nitrogen and oxygen atoms in total. The summed E-state index contributed by atoms with van der Waals surface area (Å²) in [4.78, 5) is 15.8. The van der Waals surface area contributed by atoms with Crippen molar-refractivity contribution in [3.8, 4) is 11.1 Å². The molecular formula is C18H13ClFNO2. The molecule has 0 atom stereocenters. The number of carboxylic acid groups (broad SMARTS) is 1. The summed E-state index contributed by atoms with van der Waals surface area (Å²) in [7, 11) is 0. The second-order valence-electron chi connectivity index (χ2n) is 5.43. The fraction of sp³-hybridized carbons (Fsp3) is 0.111. The van der Waals surface area contributed by atoms with Gasteiger partial charge in [0.1, 0.15) is 5.82 Å². The van der Waals surface area contributed by atoms with Crippen LogP contribution < -0.4 is 0 Å². The fourth-order valence-electron chi connectivity index (χ4n) is 2.68. The van der Waals surface area contributed by atoms with E-state index in [-0.39, 0.29) is 10.6 Å². The van der Waals surface area contributed by atoms with Crippen molar-refractivity contribution in [2.75, 3.05) is 0 Å². The molecule has 0 unspecified atom stereocenters. The van der Waals surface area contributed by atoms with Gasteiger partial charge in [-0.2, -0.15) is 0 Å². The van der Waals surface area contributed by atoms with Crippen molar-refractivity contribution < 1.29 is 14.3 Å². The summed E-state index contributed by atoms with van der Waals surface area (Å²) in [5.41, 5.74) is 3.82. The van der Waals surface area contributed by atoms with E-state index >= 15 is 0 Å². The Morgan fingerprint density at radius 3 is 2.52 bits per heavy atom. The van der Waals surface area contributed by atoms with E-state index in [1.165, 1.54) is 12.1 Å². The molecule has 0 bridgehead atoms. The van der Waals surface area contributed by atoms with Gasteiger partial charge in [0.15, 0.2) is 0 Å². The number of aromatic carboxylic acids is 1. The maximum atomic E-state index is 13.3. The Kier molecular flexibility index (Phi) is 3.78. The second-order valence-corrected chi connectivity index (χ2v) is 5.84. The lowest BCUT2D eigenvalue weighted by Crippen LogP contribution is -1.99. The van der Waals surface area contributed by atoms with Gasteiger partial charge in [-0.05, 0) is 61.4 Å². The van der Waals surface area contributed by atoms with E-state index in [1.54, 1.807) is 18.2 Å². The standard InChI is InChI=1S/C18H13ClFNO2/c1-9-5-11(18(22)23)7-15-14(6-10(2)21-17(9)15)13-4-3-12(20)8-16(13)19/h3-8H,1-2H3,(H,22,23). The average molecular weight is 330 g/mol. The monoisotopic (exact) mass is 329 g/mol. The molecule has 1 N–H and O–H groups in total. The molecule has 0 spiro atoms. The summed E-state index contributed by atoms with van der Waals surface area (Å²) in [6.07, 6.45) is 0. The molecule has 1 aromatic heterocycles. The van der Waals surface area contributed by atoms with E-state index in [4.69, 9.17) is 11.6 Å². The third-order valence-electron chi connectivity index (χ3n) is 3.70. The minimum atomic E-state index is -1.01. The van der Waals surface area contributed by atoms with Crippen LogP contribution >= 0.6 is 11.6 Å². The maximum Gasteiger partial charge on any atom is 0.335 e. The van der Waals surface area contributed by atoms with Gasteiger partial charge in [-0.3, -0.25) is 4.98 Å². The molecule has 1 heterocycles. The number of hydrogen-bond acceptors (Lipinski definition) is 2. The third-order valence-corrected chi connectivity index (χ3v) is 4.01. The number of aromatic nitrogens is 1. The molecule has 0 aliphatic carbocycles. The Morgan fingerprint density at radius 2 is 1.87 bits per heavy atom. The van der Waals surface area contributed by atoms with Gasteiger partial charge in [0, 0.05) is 16.6 Å². The number of carboxylic acids is 1. The van der Waals surface area contributed by atoms with E-state index in [2.05, 4.69) is 4.98 Å². The van der Waals surface area contributed by atoms with Crippen LogP contribution in [0.25, 0.3) is 22.0 Å². The summed E-state index contributed by atoms with van der Waals surface area (Å²) < 4.78 is 13.3. The predicted molar refractivity (Wildman–Crippen MR) is 88.6 cm³/mol. The van der Waals surface area contributed by atoms with Crippen LogP contribution in [0, 0.1) is 19.7 Å². The molecule has 116 valence electrons. The zero-order chi connectivity index (χ0) is 16.7. The van der Waals surface area contributed by atoms with Crippen LogP contribution in [-0.2, 0) is 0 Å². The number of hydrogen-bond donors (Lipinski definition) is 1. The van der Waals surface area contributed by atoms with Gasteiger partial charge in [-0.15, -0.1) is 0 Å². The van der Waals surface area contributed by atoms with Gasteiger partial charge in [0.25, 0.3) is 0 Å². The van der Waals surface area contributed by atoms with Crippen molar-refractivity contribution in [1.29, 1.82) is 0 Å². The number of aryl methyl sites for hydroxylation is 2. The van der Waals surface area contributed by atoms with Crippen LogP contribution in [0.1, 0.15) is 21.6 Å². The van der Waals surface area contributed by atoms with Crippen molar-refractivity contribution >= 4 is 28.5 Å². The highest BCUT2D eigenvalue weighted by Crippen LogP contribution is 2.35. The number of carbonyl (C=O) groups is 1. The first-order chi connectivity index (χ1) is 10.9. The Balaban J connectivity index is 2.41. The van der Waals surface area contributed by atoms with Gasteiger partial charge in [0.2, 0.25) is 0 Å². The average Bonchev–Trinajstić information content (AvgIpc) is 2.47. The number of pyridine rings is 1. The summed E-state index contributed by atoms with van der Waals surface area (Å²) >= 11 is 6.18. The number of benzene rings is 2. The normalized spacial score (nSPS) is 11.0. The minimum Gasteiger partial charge on any atom is -0.478 e. The minimum absolute atomic E-state index is 0.181. The van der Waals surface area contributed by atoms with Crippen molar-refractivity contribution in [3.05, 3.63) is 64.1 Å². The molecule has 2 aromatic carbocycles. The first kappa shape index (κ1) is 15.4. The first-order valence-electron chi connectivity index (χ1n) is 6.97. The summed E-state index contributed by atoms with van der Waals surface area (Å²) in [5, 5.41) is 10.2. The highest BCUT2D eigenvalue weighted by atomic mass is 35.5. The summed E-state index contributed by atoms with van der Waals surface area (Å²) in [6.45, 7) is 3.67. The van der Waals surface area contributed by atoms with E-state index in [1.807, 2.05) is 19.9 Å². The Labute approximate surface area is 137 Å². The van der Waals surface area contributed by atoms with Crippen molar-refractivity contribution in [2.45, 2.75) is 13.8 Å². The SMILES string of the molecule is Cc1cc(-c2ccc(F)cc2Cl)c2cc(C(=O)O)cc(C)c2n1. The lowest BCUT2D eigenvalue weighted by molar-refractivity contribution is 0.0697. The van der Waals surface area contributed by atoms with Crippen LogP contribution in [0.5, 0.6) is 0 Å². The molecule has 0 aliphatic heterocycles. The molecule has 0 aliphatic rings. The molecule has 0 radical (unpaired) electrons. The maximum absolute atomic E-state index is 13.3. The van der Waals surface area contributed by atoms with E-state index in [0.717, 1.165) is 16.8 Å². The van der Waals surface area contributed by atoms with Gasteiger partial charge in [-0.25, -0.2) is 9.18 Å². The van der Waals surface area contributed by atoms with Crippen LogP contribution in [-0.4, -0.2) is 16.1 Å². The Hall–Kier alpha value is -2.46. The predicted octanol–water partition coefficient (Wildman–Crippen LogP) is 5.01. The molecule has 0 saturated heterocycles. The molecular weight excluding hydrogens is 317 g/mol. The van der Waals surface area contributed by atoms with Gasteiger partial charge in [0.05, 0.1) is 16.1 Å². The lowest BCUT2D eigenvalue weighted by atomic mass is 9.96. The number of nitrogens with zero attached hydrogens (tertiary/aromatic N) is 1. The molecule has 3 aromatic rings. The van der Waals surface area contributed by atoms with Crippen molar-refractivity contribution in [1.82, 2.24) is 4.98 Å². The highest BCUT2D eigenvalue weighted by molar-refractivity contribution is 6.33. The Bertz CT molecular complexity index is 953. The van der Waals surface area contributed by atoms with E-state index in [9.17, 15) is 14.3 Å². The number of rotatable bonds is 2. The molecule has 0 saturated carbocycles. The molecule has 0 amide bonds. The Morgan fingerprint density at radius 1 is 1.13 bits per heavy atom. The topological polar surface area (TPSA) is 50.2 Å². The number of halogens is 2. The molecule has 3 rings (SSSR count). The summed E-state index contributed by atoms with van der Waals surface area (Å²) in [6, 6.07) is 9.16. The quantitative estimate of drug-likeness (QED) is 0.719. The van der Waals surface area contributed by atoms with Crippen molar-refractivity contribution in [2.24, 2.45) is 0 Å². The fourth-order valence-corrected chi connectivity index (χ4v) is 2.95. The van der Waals surface area contributed by atoms with Gasteiger partial charge in [-0.1, -0.05) is 11.6 Å². The molecule has 5 heteroatoms. The first-order valence-corrected chi connectivity index (χ1v) is 7.35. The zero-order valence-corrected chi connectivity index (χ0v) is 13.3. The summed E-state index contributed by atoms with van der Waals surface area (Å²) in [5.74, 6) is -1.43. The van der Waals surface area contributed by atoms with Crippen LogP contribution in [0.3, 0.4) is 0 Å². The van der Waals surface area contributed by atoms with Crippen LogP contribution in [0.2, 0.25) is 5.02 Å². The lowest BCUT2D eigenvalue weighted by Gasteiger charge is -2.12. The van der Waals surface area contributed by atoms with Crippen LogP contribution in [0.15, 0.2) is 36.4 Å². The largest absolute Gasteiger partial charge is 0.478 e. The highest BCUT2D eigenvalue weighted by Gasteiger charge is 2.15. The number of fused-ring (bicyclic) bond motifs is 1. The zero-order valence-electron chi connectivity index (χ0n) is 12.5. The second kappa shape index (κ2) is 5.63. The van der Waals surface area contributed by atoms with Crippen LogP contribution in [0.4, 0.5) is 4.39 Å². The van der Waals surface area contributed by atoms with E-state index in [0.29, 0.717) is 16.5 Å². The third kappa shape index (κ3) is 2.78. The molecule has 23 heavy (non-hydrogen) atoms.